The molecule has 3 aromatic rings. The van der Waals surface area contributed by atoms with Gasteiger partial charge in [-0.05, 0) is 35.2 Å². The van der Waals surface area contributed by atoms with Crippen molar-refractivity contribution in [2.45, 2.75) is 25.3 Å². The minimum atomic E-state index is -0.928. The zero-order valence-corrected chi connectivity index (χ0v) is 16.8. The van der Waals surface area contributed by atoms with E-state index >= 15 is 0 Å². The SMILES string of the molecule is CC(=O)N[C@@H](Cc1ccccc1)C(=O)C1c2cccc(O)c2C(=O)c2c(O)cccc21. The van der Waals surface area contributed by atoms with Gasteiger partial charge in [-0.2, -0.15) is 0 Å². The van der Waals surface area contributed by atoms with Crippen LogP contribution in [-0.4, -0.2) is 33.7 Å². The van der Waals surface area contributed by atoms with Crippen molar-refractivity contribution in [3.63, 3.8) is 0 Å². The van der Waals surface area contributed by atoms with Gasteiger partial charge in [-0.1, -0.05) is 54.6 Å². The van der Waals surface area contributed by atoms with Crippen molar-refractivity contribution in [3.8, 4) is 11.5 Å². The fraction of sp³-hybridized carbons (Fsp3) is 0.160. The van der Waals surface area contributed by atoms with Gasteiger partial charge in [0.1, 0.15) is 11.5 Å². The standard InChI is InChI=1S/C25H21NO5/c1-14(27)26-18(13-15-7-3-2-4-8-15)24(30)21-16-9-5-11-19(28)22(16)25(31)23-17(21)10-6-12-20(23)29/h2-12,18,21,28-29H,13H2,1H3,(H,26,27)/t18-/m0/s1. The van der Waals surface area contributed by atoms with Crippen LogP contribution in [0.1, 0.15) is 45.5 Å². The van der Waals surface area contributed by atoms with Crippen molar-refractivity contribution < 1.29 is 24.6 Å². The van der Waals surface area contributed by atoms with Crippen molar-refractivity contribution >= 4 is 17.5 Å². The van der Waals surface area contributed by atoms with Crippen LogP contribution in [0.25, 0.3) is 0 Å². The summed E-state index contributed by atoms with van der Waals surface area (Å²) in [6.07, 6.45) is 0.270. The zero-order chi connectivity index (χ0) is 22.1. The third kappa shape index (κ3) is 3.68. The Kier molecular flexibility index (Phi) is 5.29. The minimum Gasteiger partial charge on any atom is -0.507 e. The number of aromatic hydroxyl groups is 2. The lowest BCUT2D eigenvalue weighted by Crippen LogP contribution is -2.44. The molecule has 6 heteroatoms. The van der Waals surface area contributed by atoms with Crippen molar-refractivity contribution in [1.82, 2.24) is 5.32 Å². The van der Waals surface area contributed by atoms with Crippen LogP contribution in [-0.2, 0) is 16.0 Å². The zero-order valence-electron chi connectivity index (χ0n) is 16.8. The summed E-state index contributed by atoms with van der Waals surface area (Å²) in [6, 6.07) is 17.6. The molecule has 6 nitrogen and oxygen atoms in total. The van der Waals surface area contributed by atoms with Crippen LogP contribution in [0.3, 0.4) is 0 Å². The second-order valence-electron chi connectivity index (χ2n) is 7.59. The molecule has 4 rings (SSSR count). The molecule has 0 unspecified atom stereocenters. The molecular formula is C25H21NO5. The molecule has 0 fully saturated rings. The van der Waals surface area contributed by atoms with Gasteiger partial charge < -0.3 is 15.5 Å². The van der Waals surface area contributed by atoms with Gasteiger partial charge in [-0.25, -0.2) is 0 Å². The number of nitrogens with one attached hydrogen (secondary N) is 1. The lowest BCUT2D eigenvalue weighted by molar-refractivity contribution is -0.127. The topological polar surface area (TPSA) is 104 Å². The maximum absolute atomic E-state index is 13.8. The van der Waals surface area contributed by atoms with Gasteiger partial charge >= 0.3 is 0 Å². The van der Waals surface area contributed by atoms with Gasteiger partial charge in [0.25, 0.3) is 0 Å². The number of amides is 1. The third-order valence-corrected chi connectivity index (χ3v) is 5.51. The summed E-state index contributed by atoms with van der Waals surface area (Å²) in [5.74, 6) is -2.66. The average molecular weight is 415 g/mol. The minimum absolute atomic E-state index is 0.00358. The number of ketones is 2. The first kappa shape index (κ1) is 20.3. The molecule has 0 aliphatic heterocycles. The molecule has 0 aromatic heterocycles. The van der Waals surface area contributed by atoms with Gasteiger partial charge in [0, 0.05) is 6.92 Å². The van der Waals surface area contributed by atoms with E-state index in [1.165, 1.54) is 19.1 Å². The lowest BCUT2D eigenvalue weighted by atomic mass is 9.73. The van der Waals surface area contributed by atoms with Gasteiger partial charge in [-0.3, -0.25) is 14.4 Å². The number of phenols is 2. The number of rotatable bonds is 5. The highest BCUT2D eigenvalue weighted by Crippen LogP contribution is 2.43. The number of Topliss-reactive ketones (excluding diaryl/α,β-unsaturated/α-hetero) is 1. The Hall–Kier alpha value is -3.93. The fourth-order valence-corrected chi connectivity index (χ4v) is 4.21. The first-order chi connectivity index (χ1) is 14.9. The summed E-state index contributed by atoms with van der Waals surface area (Å²) in [5, 5.41) is 23.5. The maximum atomic E-state index is 13.8. The number of carbonyl (C=O) groups is 3. The van der Waals surface area contributed by atoms with Gasteiger partial charge in [0.2, 0.25) is 11.7 Å². The molecule has 0 saturated heterocycles. The van der Waals surface area contributed by atoms with Crippen LogP contribution in [0.2, 0.25) is 0 Å². The van der Waals surface area contributed by atoms with E-state index in [2.05, 4.69) is 5.32 Å². The molecule has 1 atom stereocenters. The molecule has 0 heterocycles. The van der Waals surface area contributed by atoms with Gasteiger partial charge in [-0.15, -0.1) is 0 Å². The van der Waals surface area contributed by atoms with E-state index in [9.17, 15) is 24.6 Å². The normalized spacial score (nSPS) is 13.8. The van der Waals surface area contributed by atoms with Crippen LogP contribution >= 0.6 is 0 Å². The van der Waals surface area contributed by atoms with Crippen molar-refractivity contribution in [2.24, 2.45) is 0 Å². The van der Waals surface area contributed by atoms with E-state index in [0.29, 0.717) is 11.1 Å². The molecule has 156 valence electrons. The Labute approximate surface area is 179 Å². The number of fused-ring (bicyclic) bond motifs is 2. The van der Waals surface area contributed by atoms with Crippen molar-refractivity contribution in [2.75, 3.05) is 0 Å². The highest BCUT2D eigenvalue weighted by Gasteiger charge is 2.40. The predicted molar refractivity (Wildman–Crippen MR) is 114 cm³/mol. The molecule has 0 bridgehead atoms. The number of hydrogen-bond acceptors (Lipinski definition) is 5. The predicted octanol–water partition coefficient (Wildman–Crippen LogP) is 3.09. The lowest BCUT2D eigenvalue weighted by Gasteiger charge is -2.30. The Morgan fingerprint density at radius 2 is 1.42 bits per heavy atom. The van der Waals surface area contributed by atoms with E-state index in [0.717, 1.165) is 5.56 Å². The van der Waals surface area contributed by atoms with E-state index < -0.39 is 17.7 Å². The first-order valence-corrected chi connectivity index (χ1v) is 9.91. The number of benzene rings is 3. The third-order valence-electron chi connectivity index (χ3n) is 5.51. The number of hydrogen-bond donors (Lipinski definition) is 3. The van der Waals surface area contributed by atoms with E-state index in [4.69, 9.17) is 0 Å². The summed E-state index contributed by atoms with van der Waals surface area (Å²) >= 11 is 0. The van der Waals surface area contributed by atoms with Crippen molar-refractivity contribution in [3.05, 3.63) is 94.5 Å². The molecule has 31 heavy (non-hydrogen) atoms. The fourth-order valence-electron chi connectivity index (χ4n) is 4.21. The Bertz CT molecular complexity index is 1130. The average Bonchev–Trinajstić information content (AvgIpc) is 2.73. The molecule has 0 radical (unpaired) electrons. The van der Waals surface area contributed by atoms with E-state index in [1.54, 1.807) is 24.3 Å². The molecular weight excluding hydrogens is 394 g/mol. The molecule has 1 amide bonds. The second-order valence-corrected chi connectivity index (χ2v) is 7.59. The quantitative estimate of drug-likeness (QED) is 0.594. The summed E-state index contributed by atoms with van der Waals surface area (Å²) in [5.41, 5.74) is 1.58. The van der Waals surface area contributed by atoms with Gasteiger partial charge in [0.05, 0.1) is 23.1 Å². The molecule has 0 spiro atoms. The summed E-state index contributed by atoms with van der Waals surface area (Å²) in [7, 11) is 0. The molecule has 1 aliphatic carbocycles. The number of carbonyl (C=O) groups excluding carboxylic acids is 3. The smallest absolute Gasteiger partial charge is 0.217 e. The largest absolute Gasteiger partial charge is 0.507 e. The monoisotopic (exact) mass is 415 g/mol. The summed E-state index contributed by atoms with van der Waals surface area (Å²) < 4.78 is 0. The summed E-state index contributed by atoms with van der Waals surface area (Å²) in [4.78, 5) is 38.7. The van der Waals surface area contributed by atoms with Gasteiger partial charge in [0.15, 0.2) is 5.78 Å². The molecule has 0 saturated carbocycles. The number of phenolic OH excluding ortho intramolecular Hbond substituents is 2. The van der Waals surface area contributed by atoms with Crippen LogP contribution in [0.15, 0.2) is 66.7 Å². The Balaban J connectivity index is 1.85. The van der Waals surface area contributed by atoms with Crippen LogP contribution in [0.4, 0.5) is 0 Å². The molecule has 3 N–H and O–H groups in total. The highest BCUT2D eigenvalue weighted by molar-refractivity contribution is 6.18. The first-order valence-electron chi connectivity index (χ1n) is 9.91. The maximum Gasteiger partial charge on any atom is 0.217 e. The highest BCUT2D eigenvalue weighted by atomic mass is 16.3. The van der Waals surface area contributed by atoms with E-state index in [-0.39, 0.29) is 40.7 Å². The Morgan fingerprint density at radius 3 is 1.94 bits per heavy atom. The summed E-state index contributed by atoms with van der Waals surface area (Å²) in [6.45, 7) is 1.34. The van der Waals surface area contributed by atoms with Crippen LogP contribution < -0.4 is 5.32 Å². The molecule has 3 aromatic carbocycles. The second kappa shape index (κ2) is 8.07. The van der Waals surface area contributed by atoms with Crippen LogP contribution in [0, 0.1) is 0 Å². The Morgan fingerprint density at radius 1 is 0.871 bits per heavy atom. The van der Waals surface area contributed by atoms with Crippen LogP contribution in [0.5, 0.6) is 11.5 Å². The van der Waals surface area contributed by atoms with Crippen molar-refractivity contribution in [1.29, 1.82) is 0 Å². The molecule has 1 aliphatic rings. The van der Waals surface area contributed by atoms with E-state index in [1.807, 2.05) is 30.3 Å².